The molecule has 3 aromatic carbocycles. The number of halogens is 3. The molecular formula is C37H34F3N5O5. The summed E-state index contributed by atoms with van der Waals surface area (Å²) in [6.07, 6.45) is -3.21. The molecule has 3 amide bonds. The Kier molecular flexibility index (Phi) is 9.33. The van der Waals surface area contributed by atoms with E-state index in [1.165, 1.54) is 18.1 Å². The molecule has 6 rings (SSSR count). The summed E-state index contributed by atoms with van der Waals surface area (Å²) in [5, 5.41) is 10.4. The smallest absolute Gasteiger partial charge is 0.416 e. The van der Waals surface area contributed by atoms with Crippen LogP contribution in [0.25, 0.3) is 5.69 Å². The summed E-state index contributed by atoms with van der Waals surface area (Å²) in [6.45, 7) is 3.77. The van der Waals surface area contributed by atoms with E-state index in [0.717, 1.165) is 18.2 Å². The Bertz CT molecular complexity index is 2020. The van der Waals surface area contributed by atoms with Gasteiger partial charge in [-0.25, -0.2) is 9.48 Å². The van der Waals surface area contributed by atoms with Gasteiger partial charge in [0.2, 0.25) is 0 Å². The summed E-state index contributed by atoms with van der Waals surface area (Å²) in [5.41, 5.74) is 2.19. The number of aromatic nitrogens is 2. The van der Waals surface area contributed by atoms with E-state index in [1.807, 2.05) is 30.3 Å². The fourth-order valence-electron chi connectivity index (χ4n) is 6.71. The lowest BCUT2D eigenvalue weighted by Crippen LogP contribution is -2.55. The molecule has 0 saturated heterocycles. The number of alkyl halides is 3. The number of carbonyl (C=O) groups is 4. The van der Waals surface area contributed by atoms with Crippen molar-refractivity contribution in [3.8, 4) is 5.69 Å². The Balaban J connectivity index is 1.45. The van der Waals surface area contributed by atoms with Gasteiger partial charge < -0.3 is 15.4 Å². The maximum Gasteiger partial charge on any atom is 0.416 e. The molecule has 1 aromatic heterocycles. The second-order valence-corrected chi connectivity index (χ2v) is 12.0. The maximum absolute atomic E-state index is 14.4. The SMILES string of the molecule is CCN1C(=O)[C@@H](NC(=O)c2cccc(C(F)(F)F)c2)[C@H](c2cccc(NC(=O)C3=C(C(=O)OC)CCC3)c2)c2c(C)nn(-c3ccccc3)c21. The summed E-state index contributed by atoms with van der Waals surface area (Å²) in [6, 6.07) is 18.7. The van der Waals surface area contributed by atoms with Crippen molar-refractivity contribution in [1.29, 1.82) is 0 Å². The van der Waals surface area contributed by atoms with Gasteiger partial charge in [-0.05, 0) is 81.1 Å². The molecule has 258 valence electrons. The topological polar surface area (TPSA) is 123 Å². The van der Waals surface area contributed by atoms with Crippen LogP contribution in [0.1, 0.15) is 64.8 Å². The van der Waals surface area contributed by atoms with Crippen molar-refractivity contribution in [3.63, 3.8) is 0 Å². The highest BCUT2D eigenvalue weighted by Gasteiger charge is 2.46. The number of amides is 3. The molecule has 1 aliphatic heterocycles. The van der Waals surface area contributed by atoms with Crippen LogP contribution in [0.5, 0.6) is 0 Å². The average Bonchev–Trinajstić information content (AvgIpc) is 3.74. The normalized spacial score (nSPS) is 17.4. The number of para-hydroxylation sites is 1. The zero-order valence-corrected chi connectivity index (χ0v) is 27.5. The Labute approximate surface area is 285 Å². The number of likely N-dealkylation sites (N-methyl/N-ethyl adjacent to an activating group) is 1. The number of hydrogen-bond acceptors (Lipinski definition) is 6. The van der Waals surface area contributed by atoms with Crippen molar-refractivity contribution in [2.45, 2.75) is 51.2 Å². The van der Waals surface area contributed by atoms with Gasteiger partial charge in [0.25, 0.3) is 17.7 Å². The number of rotatable bonds is 8. The number of hydrogen-bond donors (Lipinski definition) is 2. The summed E-state index contributed by atoms with van der Waals surface area (Å²) in [5.74, 6) is -2.74. The molecule has 0 radical (unpaired) electrons. The van der Waals surface area contributed by atoms with Crippen LogP contribution in [0.4, 0.5) is 24.7 Å². The first-order valence-corrected chi connectivity index (χ1v) is 16.1. The highest BCUT2D eigenvalue weighted by atomic mass is 19.4. The van der Waals surface area contributed by atoms with Crippen LogP contribution >= 0.6 is 0 Å². The standard InChI is InChI=1S/C37H34F3N5O5/c1-4-44-34-29(21(2)43-45(34)26-15-6-5-7-16-26)30(31(35(44)48)42-32(46)23-12-8-13-24(19-23)37(38,39)40)22-11-9-14-25(20-22)41-33(47)27-17-10-18-28(27)36(49)50-3/h5-9,11-16,19-20,30-31H,4,10,17-18H2,1-3H3,(H,41,47)(H,42,46)/t30-,31+/m1/s1. The quantitative estimate of drug-likeness (QED) is 0.217. The van der Waals surface area contributed by atoms with Crippen LogP contribution in [0.2, 0.25) is 0 Å². The fourth-order valence-corrected chi connectivity index (χ4v) is 6.71. The molecule has 13 heteroatoms. The first kappa shape index (κ1) is 34.2. The van der Waals surface area contributed by atoms with Crippen molar-refractivity contribution in [2.75, 3.05) is 23.9 Å². The van der Waals surface area contributed by atoms with Crippen LogP contribution in [-0.4, -0.2) is 53.2 Å². The molecule has 0 unspecified atom stereocenters. The molecule has 1 aliphatic carbocycles. The lowest BCUT2D eigenvalue weighted by Gasteiger charge is -2.38. The summed E-state index contributed by atoms with van der Waals surface area (Å²) >= 11 is 0. The Morgan fingerprint density at radius 2 is 1.66 bits per heavy atom. The number of fused-ring (bicyclic) bond motifs is 1. The van der Waals surface area contributed by atoms with Crippen molar-refractivity contribution in [2.24, 2.45) is 0 Å². The number of benzene rings is 3. The number of carbonyl (C=O) groups excluding carboxylic acids is 4. The Morgan fingerprint density at radius 3 is 2.36 bits per heavy atom. The van der Waals surface area contributed by atoms with Gasteiger partial charge in [0.15, 0.2) is 0 Å². The molecule has 2 atom stereocenters. The van der Waals surface area contributed by atoms with Crippen LogP contribution in [0, 0.1) is 6.92 Å². The Hall–Kier alpha value is -5.72. The van der Waals surface area contributed by atoms with Gasteiger partial charge in [-0.1, -0.05) is 36.4 Å². The zero-order chi connectivity index (χ0) is 35.7. The summed E-state index contributed by atoms with van der Waals surface area (Å²) < 4.78 is 47.1. The molecule has 50 heavy (non-hydrogen) atoms. The van der Waals surface area contributed by atoms with Crippen LogP contribution in [0.3, 0.4) is 0 Å². The van der Waals surface area contributed by atoms with Gasteiger partial charge in [0.05, 0.1) is 24.1 Å². The minimum Gasteiger partial charge on any atom is -0.466 e. The van der Waals surface area contributed by atoms with Gasteiger partial charge in [-0.3, -0.25) is 19.3 Å². The molecule has 0 bridgehead atoms. The predicted molar refractivity (Wildman–Crippen MR) is 179 cm³/mol. The van der Waals surface area contributed by atoms with Gasteiger partial charge in [-0.15, -0.1) is 0 Å². The van der Waals surface area contributed by atoms with Crippen LogP contribution in [-0.2, 0) is 25.3 Å². The minimum atomic E-state index is -4.67. The second-order valence-electron chi connectivity index (χ2n) is 12.0. The summed E-state index contributed by atoms with van der Waals surface area (Å²) in [7, 11) is 1.26. The number of nitrogens with zero attached hydrogens (tertiary/aromatic N) is 3. The van der Waals surface area contributed by atoms with E-state index in [0.29, 0.717) is 64.4 Å². The first-order chi connectivity index (χ1) is 23.9. The molecule has 2 N–H and O–H groups in total. The predicted octanol–water partition coefficient (Wildman–Crippen LogP) is 6.09. The van der Waals surface area contributed by atoms with Gasteiger partial charge in [0, 0.05) is 40.4 Å². The largest absolute Gasteiger partial charge is 0.466 e. The van der Waals surface area contributed by atoms with Crippen LogP contribution in [0.15, 0.2) is 90.0 Å². The van der Waals surface area contributed by atoms with Crippen LogP contribution < -0.4 is 15.5 Å². The number of anilines is 2. The van der Waals surface area contributed by atoms with E-state index in [1.54, 1.807) is 42.8 Å². The molecule has 4 aromatic rings. The molecule has 2 aliphatic rings. The number of ether oxygens (including phenoxy) is 1. The van der Waals surface area contributed by atoms with Gasteiger partial charge >= 0.3 is 12.1 Å². The molecular weight excluding hydrogens is 651 g/mol. The lowest BCUT2D eigenvalue weighted by molar-refractivity contribution is -0.138. The fraction of sp³-hybridized carbons (Fsp3) is 0.270. The average molecular weight is 686 g/mol. The van der Waals surface area contributed by atoms with Crippen molar-refractivity contribution in [3.05, 3.63) is 118 Å². The maximum atomic E-state index is 14.4. The highest BCUT2D eigenvalue weighted by molar-refractivity contribution is 6.10. The van der Waals surface area contributed by atoms with E-state index in [9.17, 15) is 32.3 Å². The minimum absolute atomic E-state index is 0.209. The van der Waals surface area contributed by atoms with Gasteiger partial charge in [-0.2, -0.15) is 18.3 Å². The molecule has 0 fully saturated rings. The van der Waals surface area contributed by atoms with Crippen molar-refractivity contribution >= 4 is 35.2 Å². The first-order valence-electron chi connectivity index (χ1n) is 16.1. The third kappa shape index (κ3) is 6.38. The third-order valence-corrected chi connectivity index (χ3v) is 9.00. The number of esters is 1. The molecule has 0 saturated carbocycles. The van der Waals surface area contributed by atoms with Gasteiger partial charge in [0.1, 0.15) is 11.9 Å². The number of nitrogens with one attached hydrogen (secondary N) is 2. The third-order valence-electron chi connectivity index (χ3n) is 9.00. The van der Waals surface area contributed by atoms with Crippen molar-refractivity contribution < 1.29 is 37.1 Å². The van der Waals surface area contributed by atoms with E-state index in [-0.39, 0.29) is 12.1 Å². The lowest BCUT2D eigenvalue weighted by atomic mass is 9.81. The highest BCUT2D eigenvalue weighted by Crippen LogP contribution is 2.44. The van der Waals surface area contributed by atoms with Crippen molar-refractivity contribution in [1.82, 2.24) is 15.1 Å². The van der Waals surface area contributed by atoms with E-state index >= 15 is 0 Å². The molecule has 10 nitrogen and oxygen atoms in total. The van der Waals surface area contributed by atoms with E-state index in [2.05, 4.69) is 10.6 Å². The van der Waals surface area contributed by atoms with E-state index < -0.39 is 47.4 Å². The molecule has 0 spiro atoms. The number of methoxy groups -OCH3 is 1. The molecule has 2 heterocycles. The monoisotopic (exact) mass is 685 g/mol. The Morgan fingerprint density at radius 1 is 0.940 bits per heavy atom. The number of aryl methyl sites for hydroxylation is 1. The second kappa shape index (κ2) is 13.7. The summed E-state index contributed by atoms with van der Waals surface area (Å²) in [4.78, 5) is 55.2. The zero-order valence-electron chi connectivity index (χ0n) is 27.5. The van der Waals surface area contributed by atoms with E-state index in [4.69, 9.17) is 9.84 Å².